The summed E-state index contributed by atoms with van der Waals surface area (Å²) in [6, 6.07) is 0. The van der Waals surface area contributed by atoms with Gasteiger partial charge >= 0.3 is 11.9 Å². The average molecular weight is 396 g/mol. The van der Waals surface area contributed by atoms with E-state index in [1.54, 1.807) is 6.92 Å². The number of ether oxygens (including phenoxy) is 4. The normalized spacial score (nSPS) is 25.2. The number of hydrogen-bond donors (Lipinski definition) is 0. The Morgan fingerprint density at radius 3 is 2.39 bits per heavy atom. The molecule has 1 fully saturated rings. The van der Waals surface area contributed by atoms with Crippen molar-refractivity contribution in [3.05, 3.63) is 0 Å². The van der Waals surface area contributed by atoms with Gasteiger partial charge in [-0.15, -0.1) is 0 Å². The molecule has 7 heteroatoms. The summed E-state index contributed by atoms with van der Waals surface area (Å²) in [6.07, 6.45) is 0.861. The van der Waals surface area contributed by atoms with E-state index in [0.717, 1.165) is 6.42 Å². The van der Waals surface area contributed by atoms with Gasteiger partial charge in [-0.3, -0.25) is 14.4 Å². The molecule has 0 spiro atoms. The minimum absolute atomic E-state index is 0.190. The van der Waals surface area contributed by atoms with Gasteiger partial charge in [0.1, 0.15) is 12.2 Å². The van der Waals surface area contributed by atoms with E-state index in [1.165, 1.54) is 14.0 Å². The largest absolute Gasteiger partial charge is 0.469 e. The highest BCUT2D eigenvalue weighted by Gasteiger charge is 2.48. The first kappa shape index (κ1) is 24.1. The van der Waals surface area contributed by atoms with Gasteiger partial charge in [-0.25, -0.2) is 0 Å². The summed E-state index contributed by atoms with van der Waals surface area (Å²) in [6.45, 7) is 10.4. The van der Waals surface area contributed by atoms with Crippen molar-refractivity contribution in [2.75, 3.05) is 7.11 Å². The fourth-order valence-corrected chi connectivity index (χ4v) is 3.32. The molecule has 1 aliphatic heterocycles. The lowest BCUT2D eigenvalue weighted by Crippen LogP contribution is -2.35. The molecule has 0 N–H and O–H groups in total. The van der Waals surface area contributed by atoms with Crippen molar-refractivity contribution in [2.24, 2.45) is 5.92 Å². The molecule has 1 saturated heterocycles. The van der Waals surface area contributed by atoms with Crippen molar-refractivity contribution in [2.45, 2.75) is 90.8 Å². The predicted octanol–water partition coefficient (Wildman–Crippen LogP) is 2.79. The maximum Gasteiger partial charge on any atom is 0.312 e. The number of carbonyl (C=O) groups is 3. The van der Waals surface area contributed by atoms with Crippen molar-refractivity contribution < 1.29 is 33.3 Å². The number of methoxy groups -OCH3 is 1. The summed E-state index contributed by atoms with van der Waals surface area (Å²) in [5.74, 6) is 3.05. The second-order valence-electron chi connectivity index (χ2n) is 7.65. The van der Waals surface area contributed by atoms with Crippen LogP contribution in [0.15, 0.2) is 0 Å². The maximum absolute atomic E-state index is 12.2. The van der Waals surface area contributed by atoms with E-state index < -0.39 is 35.3 Å². The van der Waals surface area contributed by atoms with Crippen LogP contribution >= 0.6 is 0 Å². The standard InChI is InChI=1S/C21H32O7/c1-8-18-21(6,28-20(4,5)27-18)13-12-16(23)10-9-11-17(26-15(3)22)14(2)19(24)25-7/h14,17-18H,8-11H2,1-7H3. The van der Waals surface area contributed by atoms with Gasteiger partial charge in [0, 0.05) is 13.3 Å². The Bertz CT molecular complexity index is 643. The number of Topliss-reactive ketones (excluding diaryl/α,β-unsaturated/α-hetero) is 1. The van der Waals surface area contributed by atoms with Gasteiger partial charge in [-0.1, -0.05) is 12.8 Å². The summed E-state index contributed by atoms with van der Waals surface area (Å²) in [5.41, 5.74) is -0.840. The van der Waals surface area contributed by atoms with Crippen molar-refractivity contribution in [1.82, 2.24) is 0 Å². The van der Waals surface area contributed by atoms with Crippen LogP contribution in [0.2, 0.25) is 0 Å². The quantitative estimate of drug-likeness (QED) is 0.354. The van der Waals surface area contributed by atoms with Gasteiger partial charge in [0.05, 0.1) is 13.0 Å². The van der Waals surface area contributed by atoms with E-state index >= 15 is 0 Å². The minimum atomic E-state index is -0.840. The van der Waals surface area contributed by atoms with Crippen LogP contribution in [0.4, 0.5) is 0 Å². The molecule has 0 saturated carbocycles. The van der Waals surface area contributed by atoms with Crippen molar-refractivity contribution in [1.29, 1.82) is 0 Å². The Labute approximate surface area is 167 Å². The van der Waals surface area contributed by atoms with Gasteiger partial charge < -0.3 is 18.9 Å². The molecule has 0 aromatic carbocycles. The predicted molar refractivity (Wildman–Crippen MR) is 102 cm³/mol. The van der Waals surface area contributed by atoms with E-state index in [2.05, 4.69) is 11.8 Å². The molecule has 1 aliphatic rings. The second-order valence-corrected chi connectivity index (χ2v) is 7.65. The zero-order chi connectivity index (χ0) is 21.5. The molecule has 28 heavy (non-hydrogen) atoms. The summed E-state index contributed by atoms with van der Waals surface area (Å²) < 4.78 is 21.6. The summed E-state index contributed by atoms with van der Waals surface area (Å²) >= 11 is 0. The molecule has 0 aliphatic carbocycles. The molecule has 1 rings (SSSR count). The molecule has 158 valence electrons. The van der Waals surface area contributed by atoms with Crippen molar-refractivity contribution in [3.8, 4) is 11.8 Å². The van der Waals surface area contributed by atoms with Crippen LogP contribution in [0.25, 0.3) is 0 Å². The molecule has 1 heterocycles. The first-order valence-electron chi connectivity index (χ1n) is 9.63. The topological polar surface area (TPSA) is 88.1 Å². The third-order valence-corrected chi connectivity index (χ3v) is 4.66. The Morgan fingerprint density at radius 2 is 1.86 bits per heavy atom. The number of ketones is 1. The summed E-state index contributed by atoms with van der Waals surface area (Å²) in [7, 11) is 1.28. The maximum atomic E-state index is 12.2. The summed E-state index contributed by atoms with van der Waals surface area (Å²) in [5, 5.41) is 0. The molecule has 7 nitrogen and oxygen atoms in total. The van der Waals surface area contributed by atoms with Crippen LogP contribution < -0.4 is 0 Å². The number of rotatable bonds is 8. The lowest BCUT2D eigenvalue weighted by atomic mass is 9.96. The van der Waals surface area contributed by atoms with E-state index in [0.29, 0.717) is 12.8 Å². The number of esters is 2. The zero-order valence-corrected chi connectivity index (χ0v) is 17.9. The molecule has 4 unspecified atom stereocenters. The number of carbonyl (C=O) groups excluding carboxylic acids is 3. The van der Waals surface area contributed by atoms with Crippen LogP contribution in [-0.4, -0.2) is 48.4 Å². The fourth-order valence-electron chi connectivity index (χ4n) is 3.32. The van der Waals surface area contributed by atoms with Crippen LogP contribution in [0, 0.1) is 17.8 Å². The zero-order valence-electron chi connectivity index (χ0n) is 17.9. The van der Waals surface area contributed by atoms with Crippen LogP contribution in [0.1, 0.15) is 67.2 Å². The molecular weight excluding hydrogens is 364 g/mol. The third-order valence-electron chi connectivity index (χ3n) is 4.66. The SMILES string of the molecule is CCC1OC(C)(C)OC1(C)C#CC(=O)CCCC(OC(C)=O)C(C)C(=O)OC. The smallest absolute Gasteiger partial charge is 0.312 e. The summed E-state index contributed by atoms with van der Waals surface area (Å²) in [4.78, 5) is 35.2. The monoisotopic (exact) mass is 396 g/mol. The van der Waals surface area contributed by atoms with Crippen molar-refractivity contribution >= 4 is 17.7 Å². The molecule has 0 radical (unpaired) electrons. The average Bonchev–Trinajstić information content (AvgIpc) is 2.86. The highest BCUT2D eigenvalue weighted by atomic mass is 16.8. The van der Waals surface area contributed by atoms with Gasteiger partial charge in [0.2, 0.25) is 5.78 Å². The van der Waals surface area contributed by atoms with Crippen molar-refractivity contribution in [3.63, 3.8) is 0 Å². The van der Waals surface area contributed by atoms with Gasteiger partial charge in [0.15, 0.2) is 11.4 Å². The molecule has 0 bridgehead atoms. The first-order valence-corrected chi connectivity index (χ1v) is 9.63. The van der Waals surface area contributed by atoms with Crippen LogP contribution in [-0.2, 0) is 33.3 Å². The van der Waals surface area contributed by atoms with E-state index in [1.807, 2.05) is 27.7 Å². The Morgan fingerprint density at radius 1 is 1.21 bits per heavy atom. The lowest BCUT2D eigenvalue weighted by molar-refractivity contribution is -0.158. The fraction of sp³-hybridized carbons (Fsp3) is 0.762. The first-order chi connectivity index (χ1) is 12.9. The van der Waals surface area contributed by atoms with Gasteiger partial charge in [-0.05, 0) is 52.9 Å². The molecule has 0 aromatic rings. The highest BCUT2D eigenvalue weighted by Crippen LogP contribution is 2.37. The molecule has 4 atom stereocenters. The second kappa shape index (κ2) is 10.0. The lowest BCUT2D eigenvalue weighted by Gasteiger charge is -2.22. The molecule has 0 aromatic heterocycles. The number of hydrogen-bond acceptors (Lipinski definition) is 7. The van der Waals surface area contributed by atoms with Gasteiger partial charge in [-0.2, -0.15) is 0 Å². The van der Waals surface area contributed by atoms with E-state index in [9.17, 15) is 14.4 Å². The Hall–Kier alpha value is -1.91. The third kappa shape index (κ3) is 6.92. The minimum Gasteiger partial charge on any atom is -0.469 e. The van der Waals surface area contributed by atoms with Gasteiger partial charge in [0.25, 0.3) is 0 Å². The Kier molecular flexibility index (Phi) is 8.65. The molecular formula is C21H32O7. The van der Waals surface area contributed by atoms with Crippen LogP contribution in [0.3, 0.4) is 0 Å². The highest BCUT2D eigenvalue weighted by molar-refractivity contribution is 5.95. The van der Waals surface area contributed by atoms with E-state index in [4.69, 9.17) is 18.9 Å². The Balaban J connectivity index is 2.65. The van der Waals surface area contributed by atoms with E-state index in [-0.39, 0.29) is 18.3 Å². The molecule has 0 amide bonds. The van der Waals surface area contributed by atoms with Crippen LogP contribution in [0.5, 0.6) is 0 Å².